The van der Waals surface area contributed by atoms with Crippen molar-refractivity contribution in [3.05, 3.63) is 17.5 Å². The largest absolute Gasteiger partial charge is 0.323 e. The van der Waals surface area contributed by atoms with Gasteiger partial charge in [-0.1, -0.05) is 6.92 Å². The van der Waals surface area contributed by atoms with E-state index in [1.807, 2.05) is 4.68 Å². The minimum atomic E-state index is 0.182. The molecule has 3 heteroatoms. The van der Waals surface area contributed by atoms with Crippen molar-refractivity contribution < 1.29 is 0 Å². The summed E-state index contributed by atoms with van der Waals surface area (Å²) in [5.41, 5.74) is 8.49. The number of rotatable bonds is 2. The number of fused-ring (bicyclic) bond motifs is 1. The van der Waals surface area contributed by atoms with Gasteiger partial charge in [0.25, 0.3) is 0 Å². The highest BCUT2D eigenvalue weighted by Crippen LogP contribution is 2.26. The Bertz CT molecular complexity index is 290. The summed E-state index contributed by atoms with van der Waals surface area (Å²) in [6.45, 7) is 3.18. The lowest BCUT2D eigenvalue weighted by Crippen LogP contribution is -2.17. The van der Waals surface area contributed by atoms with Crippen LogP contribution in [0.2, 0.25) is 0 Å². The lowest BCUT2D eigenvalue weighted by atomic mass is 9.95. The van der Waals surface area contributed by atoms with Gasteiger partial charge in [0.2, 0.25) is 0 Å². The van der Waals surface area contributed by atoms with Crippen LogP contribution >= 0.6 is 0 Å². The lowest BCUT2D eigenvalue weighted by molar-refractivity contribution is 0.539. The average molecular weight is 179 g/mol. The second-order valence-electron chi connectivity index (χ2n) is 3.80. The Morgan fingerprint density at radius 2 is 2.54 bits per heavy atom. The van der Waals surface area contributed by atoms with E-state index in [4.69, 9.17) is 5.73 Å². The molecule has 2 N–H and O–H groups in total. The van der Waals surface area contributed by atoms with Gasteiger partial charge in [-0.2, -0.15) is 5.10 Å². The maximum absolute atomic E-state index is 5.98. The number of aromatic nitrogens is 2. The van der Waals surface area contributed by atoms with E-state index < -0.39 is 0 Å². The molecule has 0 saturated carbocycles. The van der Waals surface area contributed by atoms with Crippen molar-refractivity contribution in [2.45, 2.75) is 45.2 Å². The van der Waals surface area contributed by atoms with Crippen molar-refractivity contribution in [3.8, 4) is 0 Å². The van der Waals surface area contributed by atoms with E-state index in [-0.39, 0.29) is 6.04 Å². The summed E-state index contributed by atoms with van der Waals surface area (Å²) in [4.78, 5) is 0. The molecule has 2 rings (SSSR count). The fourth-order valence-electron chi connectivity index (χ4n) is 1.98. The third-order valence-corrected chi connectivity index (χ3v) is 2.64. The first-order valence-electron chi connectivity index (χ1n) is 5.13. The quantitative estimate of drug-likeness (QED) is 0.750. The van der Waals surface area contributed by atoms with E-state index in [0.29, 0.717) is 0 Å². The highest BCUT2D eigenvalue weighted by Gasteiger charge is 2.20. The van der Waals surface area contributed by atoms with Gasteiger partial charge in [-0.25, -0.2) is 0 Å². The predicted octanol–water partition coefficient (Wildman–Crippen LogP) is 1.63. The Kier molecular flexibility index (Phi) is 2.36. The fourth-order valence-corrected chi connectivity index (χ4v) is 1.98. The standard InChI is InChI=1S/C10H17N3/c1-2-6-13-7-8-4-3-5-9(11)10(8)12-13/h7,9H,2-6,11H2,1H3. The van der Waals surface area contributed by atoms with Gasteiger partial charge in [-0.3, -0.25) is 4.68 Å². The summed E-state index contributed by atoms with van der Waals surface area (Å²) in [7, 11) is 0. The van der Waals surface area contributed by atoms with Crippen LogP contribution in [-0.2, 0) is 13.0 Å². The van der Waals surface area contributed by atoms with Gasteiger partial charge >= 0.3 is 0 Å². The zero-order valence-electron chi connectivity index (χ0n) is 8.16. The Balaban J connectivity index is 2.25. The number of aryl methyl sites for hydroxylation is 2. The minimum Gasteiger partial charge on any atom is -0.323 e. The Morgan fingerprint density at radius 1 is 1.69 bits per heavy atom. The topological polar surface area (TPSA) is 43.8 Å². The molecule has 0 amide bonds. The molecule has 1 aliphatic carbocycles. The third-order valence-electron chi connectivity index (χ3n) is 2.64. The summed E-state index contributed by atoms with van der Waals surface area (Å²) in [5, 5.41) is 4.51. The van der Waals surface area contributed by atoms with Crippen LogP contribution in [0.1, 0.15) is 43.5 Å². The monoisotopic (exact) mass is 179 g/mol. The van der Waals surface area contributed by atoms with Gasteiger partial charge in [0.15, 0.2) is 0 Å². The first kappa shape index (κ1) is 8.75. The van der Waals surface area contributed by atoms with E-state index in [1.54, 1.807) is 0 Å². The maximum atomic E-state index is 5.98. The van der Waals surface area contributed by atoms with Crippen LogP contribution in [0.4, 0.5) is 0 Å². The van der Waals surface area contributed by atoms with Gasteiger partial charge in [-0.15, -0.1) is 0 Å². The fraction of sp³-hybridized carbons (Fsp3) is 0.700. The van der Waals surface area contributed by atoms with Crippen molar-refractivity contribution in [3.63, 3.8) is 0 Å². The Morgan fingerprint density at radius 3 is 3.23 bits per heavy atom. The predicted molar refractivity (Wildman–Crippen MR) is 52.4 cm³/mol. The van der Waals surface area contributed by atoms with Gasteiger partial charge in [0.1, 0.15) is 0 Å². The average Bonchev–Trinajstić information content (AvgIpc) is 2.49. The zero-order chi connectivity index (χ0) is 9.26. The molecule has 72 valence electrons. The molecular formula is C10H17N3. The summed E-state index contributed by atoms with van der Waals surface area (Å²) >= 11 is 0. The molecule has 0 aliphatic heterocycles. The number of hydrogen-bond acceptors (Lipinski definition) is 2. The second-order valence-corrected chi connectivity index (χ2v) is 3.80. The smallest absolute Gasteiger partial charge is 0.0823 e. The summed E-state index contributed by atoms with van der Waals surface area (Å²) in [6, 6.07) is 0.182. The minimum absolute atomic E-state index is 0.182. The third kappa shape index (κ3) is 1.61. The highest BCUT2D eigenvalue weighted by atomic mass is 15.3. The summed E-state index contributed by atoms with van der Waals surface area (Å²) in [5.74, 6) is 0. The van der Waals surface area contributed by atoms with Crippen LogP contribution in [0.3, 0.4) is 0 Å². The van der Waals surface area contributed by atoms with Crippen LogP contribution < -0.4 is 5.73 Å². The van der Waals surface area contributed by atoms with E-state index in [0.717, 1.165) is 31.5 Å². The van der Waals surface area contributed by atoms with Crippen LogP contribution in [0.15, 0.2) is 6.20 Å². The number of hydrogen-bond donors (Lipinski definition) is 1. The molecule has 3 nitrogen and oxygen atoms in total. The van der Waals surface area contributed by atoms with Crippen LogP contribution in [-0.4, -0.2) is 9.78 Å². The van der Waals surface area contributed by atoms with Gasteiger partial charge in [0.05, 0.1) is 5.69 Å². The van der Waals surface area contributed by atoms with E-state index >= 15 is 0 Å². The maximum Gasteiger partial charge on any atom is 0.0823 e. The molecule has 13 heavy (non-hydrogen) atoms. The number of nitrogens with two attached hydrogens (primary N) is 1. The van der Waals surface area contributed by atoms with Gasteiger partial charge in [-0.05, 0) is 31.2 Å². The molecule has 1 aliphatic rings. The molecule has 1 aromatic heterocycles. The molecular weight excluding hydrogens is 162 g/mol. The molecule has 0 radical (unpaired) electrons. The molecule has 1 heterocycles. The van der Waals surface area contributed by atoms with Crippen molar-refractivity contribution >= 4 is 0 Å². The lowest BCUT2D eigenvalue weighted by Gasteiger charge is -2.15. The molecule has 1 atom stereocenters. The summed E-state index contributed by atoms with van der Waals surface area (Å²) in [6.07, 6.45) is 6.77. The Hall–Kier alpha value is -0.830. The molecule has 0 spiro atoms. The van der Waals surface area contributed by atoms with Gasteiger partial charge in [0, 0.05) is 18.8 Å². The first-order chi connectivity index (χ1) is 6.31. The van der Waals surface area contributed by atoms with Crippen molar-refractivity contribution in [2.75, 3.05) is 0 Å². The van der Waals surface area contributed by atoms with E-state index in [9.17, 15) is 0 Å². The SMILES string of the molecule is CCCn1cc2c(n1)C(N)CCC2. The first-order valence-corrected chi connectivity index (χ1v) is 5.13. The Labute approximate surface area is 78.9 Å². The summed E-state index contributed by atoms with van der Waals surface area (Å²) < 4.78 is 2.04. The molecule has 1 aromatic rings. The van der Waals surface area contributed by atoms with Crippen molar-refractivity contribution in [1.29, 1.82) is 0 Å². The van der Waals surface area contributed by atoms with E-state index in [2.05, 4.69) is 18.2 Å². The van der Waals surface area contributed by atoms with Crippen LogP contribution in [0.25, 0.3) is 0 Å². The van der Waals surface area contributed by atoms with Crippen LogP contribution in [0.5, 0.6) is 0 Å². The van der Waals surface area contributed by atoms with Crippen LogP contribution in [0, 0.1) is 0 Å². The molecule has 0 bridgehead atoms. The molecule has 0 fully saturated rings. The molecule has 0 saturated heterocycles. The van der Waals surface area contributed by atoms with E-state index in [1.165, 1.54) is 12.0 Å². The normalized spacial score (nSPS) is 21.5. The highest BCUT2D eigenvalue weighted by molar-refractivity contribution is 5.23. The molecule has 0 aromatic carbocycles. The van der Waals surface area contributed by atoms with Crippen molar-refractivity contribution in [2.24, 2.45) is 5.73 Å². The molecule has 1 unspecified atom stereocenters. The second kappa shape index (κ2) is 3.50. The number of nitrogens with zero attached hydrogens (tertiary/aromatic N) is 2. The zero-order valence-corrected chi connectivity index (χ0v) is 8.16. The van der Waals surface area contributed by atoms with Crippen molar-refractivity contribution in [1.82, 2.24) is 9.78 Å². The van der Waals surface area contributed by atoms with Gasteiger partial charge < -0.3 is 5.73 Å².